The Morgan fingerprint density at radius 3 is 2.51 bits per heavy atom. The summed E-state index contributed by atoms with van der Waals surface area (Å²) in [5, 5.41) is 8.44. The number of rotatable bonds is 2. The third-order valence-electron chi connectivity index (χ3n) is 6.45. The zero-order valence-electron chi connectivity index (χ0n) is 19.5. The van der Waals surface area contributed by atoms with Crippen molar-refractivity contribution in [1.29, 1.82) is 0 Å². The largest absolute Gasteiger partial charge is 0.435 e. The van der Waals surface area contributed by atoms with Crippen LogP contribution in [0.1, 0.15) is 46.0 Å². The molecule has 182 valence electrons. The molecule has 1 atom stereocenters. The van der Waals surface area contributed by atoms with Gasteiger partial charge in [0, 0.05) is 42.8 Å². The molecule has 35 heavy (non-hydrogen) atoms. The molecule has 0 radical (unpaired) electrons. The fourth-order valence-corrected chi connectivity index (χ4v) is 4.78. The van der Waals surface area contributed by atoms with Crippen molar-refractivity contribution in [1.82, 2.24) is 29.4 Å². The summed E-state index contributed by atoms with van der Waals surface area (Å²) in [6.07, 6.45) is -4.15. The molecule has 1 aliphatic rings. The quantitative estimate of drug-likeness (QED) is 0.389. The average molecular weight is 486 g/mol. The van der Waals surface area contributed by atoms with E-state index in [0.29, 0.717) is 46.8 Å². The molecule has 4 heterocycles. The molecule has 0 N–H and O–H groups in total. The number of aromatic nitrogens is 5. The summed E-state index contributed by atoms with van der Waals surface area (Å²) in [5.74, 6) is -0.725. The number of halogens is 4. The Labute approximate surface area is 198 Å². The summed E-state index contributed by atoms with van der Waals surface area (Å²) in [6, 6.07) is 6.65. The van der Waals surface area contributed by atoms with Gasteiger partial charge in [-0.2, -0.15) is 23.4 Å². The zero-order chi connectivity index (χ0) is 25.2. The van der Waals surface area contributed by atoms with E-state index in [2.05, 4.69) is 15.2 Å². The summed E-state index contributed by atoms with van der Waals surface area (Å²) >= 11 is 0. The van der Waals surface area contributed by atoms with Gasteiger partial charge in [-0.25, -0.2) is 4.39 Å². The molecule has 5 rings (SSSR count). The van der Waals surface area contributed by atoms with Crippen molar-refractivity contribution in [3.63, 3.8) is 0 Å². The highest BCUT2D eigenvalue weighted by molar-refractivity contribution is 5.98. The van der Waals surface area contributed by atoms with Crippen LogP contribution in [0.25, 0.3) is 22.3 Å². The summed E-state index contributed by atoms with van der Waals surface area (Å²) in [4.78, 5) is 19.3. The Balaban J connectivity index is 1.50. The monoisotopic (exact) mass is 486 g/mol. The lowest BCUT2D eigenvalue weighted by Crippen LogP contribution is -2.38. The van der Waals surface area contributed by atoms with Gasteiger partial charge in [0.15, 0.2) is 5.69 Å². The Morgan fingerprint density at radius 1 is 1.09 bits per heavy atom. The lowest BCUT2D eigenvalue weighted by molar-refractivity contribution is -0.141. The standard InChI is InChI=1S/C24H22F4N6O/c1-12-9-17(25)16-10-14(5-6-18(16)29-12)23(35)34-8-7-15-21(13(34)2)31-33(4)22(15)19-11-20(24(26,27)28)30-32(19)3/h5-6,9-11,13H,7-8H2,1-4H3. The summed E-state index contributed by atoms with van der Waals surface area (Å²) in [7, 11) is 3.12. The van der Waals surface area contributed by atoms with Crippen molar-refractivity contribution in [2.75, 3.05) is 6.54 Å². The number of nitrogens with zero attached hydrogens (tertiary/aromatic N) is 6. The first-order chi connectivity index (χ1) is 16.5. The lowest BCUT2D eigenvalue weighted by Gasteiger charge is -2.33. The number of benzene rings is 1. The minimum atomic E-state index is -4.56. The molecule has 0 spiro atoms. The molecular formula is C24H22F4N6O. The van der Waals surface area contributed by atoms with E-state index in [-0.39, 0.29) is 11.3 Å². The van der Waals surface area contributed by atoms with Gasteiger partial charge in [0.25, 0.3) is 5.91 Å². The van der Waals surface area contributed by atoms with Gasteiger partial charge < -0.3 is 4.90 Å². The number of hydrogen-bond acceptors (Lipinski definition) is 4. The van der Waals surface area contributed by atoms with Crippen molar-refractivity contribution in [2.24, 2.45) is 14.1 Å². The van der Waals surface area contributed by atoms with Crippen LogP contribution in [-0.2, 0) is 26.7 Å². The Kier molecular flexibility index (Phi) is 5.19. The molecule has 4 aromatic rings. The summed E-state index contributed by atoms with van der Waals surface area (Å²) < 4.78 is 56.8. The molecule has 1 aliphatic heterocycles. The molecule has 7 nitrogen and oxygen atoms in total. The van der Waals surface area contributed by atoms with Crippen LogP contribution in [0.4, 0.5) is 17.6 Å². The van der Waals surface area contributed by atoms with E-state index in [4.69, 9.17) is 0 Å². The maximum atomic E-state index is 14.5. The predicted molar refractivity (Wildman–Crippen MR) is 120 cm³/mol. The average Bonchev–Trinajstić information content (AvgIpc) is 3.32. The Hall–Kier alpha value is -3.76. The van der Waals surface area contributed by atoms with E-state index in [1.165, 1.54) is 28.5 Å². The number of hydrogen-bond donors (Lipinski definition) is 0. The van der Waals surface area contributed by atoms with Crippen molar-refractivity contribution < 1.29 is 22.4 Å². The van der Waals surface area contributed by atoms with Crippen molar-refractivity contribution in [2.45, 2.75) is 32.5 Å². The maximum Gasteiger partial charge on any atom is 0.435 e. The molecule has 11 heteroatoms. The maximum absolute atomic E-state index is 14.5. The van der Waals surface area contributed by atoms with Gasteiger partial charge >= 0.3 is 6.18 Å². The molecule has 1 aromatic carbocycles. The molecule has 1 amide bonds. The van der Waals surface area contributed by atoms with E-state index < -0.39 is 23.7 Å². The molecule has 0 aliphatic carbocycles. The van der Waals surface area contributed by atoms with E-state index in [1.807, 2.05) is 6.92 Å². The van der Waals surface area contributed by atoms with Crippen LogP contribution in [0.2, 0.25) is 0 Å². The predicted octanol–water partition coefficient (Wildman–Crippen LogP) is 4.59. The van der Waals surface area contributed by atoms with Crippen LogP contribution >= 0.6 is 0 Å². The minimum Gasteiger partial charge on any atom is -0.330 e. The van der Waals surface area contributed by atoms with Crippen LogP contribution < -0.4 is 0 Å². The third kappa shape index (κ3) is 3.75. The smallest absolute Gasteiger partial charge is 0.330 e. The van der Waals surface area contributed by atoms with Crippen LogP contribution in [-0.4, -0.2) is 41.9 Å². The molecule has 3 aromatic heterocycles. The van der Waals surface area contributed by atoms with Gasteiger partial charge in [-0.05, 0) is 50.6 Å². The van der Waals surface area contributed by atoms with Crippen LogP contribution in [0.5, 0.6) is 0 Å². The van der Waals surface area contributed by atoms with E-state index in [0.717, 1.165) is 11.6 Å². The van der Waals surface area contributed by atoms with Crippen LogP contribution in [0, 0.1) is 12.7 Å². The van der Waals surface area contributed by atoms with Gasteiger partial charge in [-0.15, -0.1) is 0 Å². The molecule has 0 bridgehead atoms. The summed E-state index contributed by atoms with van der Waals surface area (Å²) in [6.45, 7) is 3.86. The second kappa shape index (κ2) is 7.89. The first kappa shape index (κ1) is 23.0. The fourth-order valence-electron chi connectivity index (χ4n) is 4.78. The SMILES string of the molecule is Cc1cc(F)c2cc(C(=O)N3CCc4c(nn(C)c4-c4cc(C(F)(F)F)nn4C)C3C)ccc2n1. The van der Waals surface area contributed by atoms with Crippen LogP contribution in [0.3, 0.4) is 0 Å². The second-order valence-corrected chi connectivity index (χ2v) is 8.77. The number of carbonyl (C=O) groups is 1. The van der Waals surface area contributed by atoms with E-state index in [1.54, 1.807) is 31.0 Å². The number of alkyl halides is 3. The summed E-state index contributed by atoms with van der Waals surface area (Å²) in [5.41, 5.74) is 2.61. The molecular weight excluding hydrogens is 464 g/mol. The number of pyridine rings is 1. The first-order valence-electron chi connectivity index (χ1n) is 11.0. The highest BCUT2D eigenvalue weighted by Crippen LogP contribution is 2.38. The van der Waals surface area contributed by atoms with Crippen molar-refractivity contribution in [3.8, 4) is 11.4 Å². The molecule has 0 fully saturated rings. The van der Waals surface area contributed by atoms with Gasteiger partial charge in [0.05, 0.1) is 28.6 Å². The molecule has 0 saturated carbocycles. The minimum absolute atomic E-state index is 0.267. The normalized spacial score (nSPS) is 16.1. The van der Waals surface area contributed by atoms with Gasteiger partial charge in [-0.1, -0.05) is 0 Å². The van der Waals surface area contributed by atoms with Crippen molar-refractivity contribution in [3.05, 3.63) is 64.4 Å². The lowest BCUT2D eigenvalue weighted by atomic mass is 9.96. The highest BCUT2D eigenvalue weighted by Gasteiger charge is 2.37. The zero-order valence-corrected chi connectivity index (χ0v) is 19.5. The topological polar surface area (TPSA) is 68.8 Å². The van der Waals surface area contributed by atoms with Crippen molar-refractivity contribution >= 4 is 16.8 Å². The van der Waals surface area contributed by atoms with Gasteiger partial charge in [-0.3, -0.25) is 19.1 Å². The van der Waals surface area contributed by atoms with E-state index in [9.17, 15) is 22.4 Å². The fraction of sp³-hybridized carbons (Fsp3) is 0.333. The van der Waals surface area contributed by atoms with E-state index >= 15 is 0 Å². The van der Waals surface area contributed by atoms with Crippen LogP contribution in [0.15, 0.2) is 30.3 Å². The number of fused-ring (bicyclic) bond motifs is 2. The van der Waals surface area contributed by atoms with Gasteiger partial charge in [0.2, 0.25) is 0 Å². The highest BCUT2D eigenvalue weighted by atomic mass is 19.4. The number of aryl methyl sites for hydroxylation is 3. The molecule has 0 saturated heterocycles. The Bertz CT molecular complexity index is 1490. The molecule has 1 unspecified atom stereocenters. The third-order valence-corrected chi connectivity index (χ3v) is 6.45. The Morgan fingerprint density at radius 2 is 1.83 bits per heavy atom. The number of amides is 1. The first-order valence-corrected chi connectivity index (χ1v) is 11.0. The second-order valence-electron chi connectivity index (χ2n) is 8.77. The van der Waals surface area contributed by atoms with Gasteiger partial charge in [0.1, 0.15) is 5.82 Å². The number of carbonyl (C=O) groups excluding carboxylic acids is 1.